The van der Waals surface area contributed by atoms with Crippen LogP contribution in [0.5, 0.6) is 0 Å². The molecule has 25 heavy (non-hydrogen) atoms. The standard InChI is InChI=1S/C20H16N2O2S/c1-15-10-12-17(13-11-15)25-20-9-5-3-7-18(20)21-14-16-6-2-4-8-19(16)22(23)24/h2-14H,1H3. The quantitative estimate of drug-likeness (QED) is 0.332. The van der Waals surface area contributed by atoms with Gasteiger partial charge in [0.15, 0.2) is 0 Å². The number of para-hydroxylation sites is 2. The fraction of sp³-hybridized carbons (Fsp3) is 0.0500. The van der Waals surface area contributed by atoms with Crippen LogP contribution < -0.4 is 0 Å². The van der Waals surface area contributed by atoms with E-state index < -0.39 is 4.92 Å². The molecular weight excluding hydrogens is 332 g/mol. The molecule has 3 rings (SSSR count). The molecule has 0 atom stereocenters. The Kier molecular flexibility index (Phi) is 5.26. The van der Waals surface area contributed by atoms with E-state index in [2.05, 4.69) is 36.2 Å². The summed E-state index contributed by atoms with van der Waals surface area (Å²) in [5.41, 5.74) is 2.54. The Balaban J connectivity index is 1.89. The minimum atomic E-state index is -0.395. The van der Waals surface area contributed by atoms with E-state index in [1.807, 2.05) is 24.3 Å². The highest BCUT2D eigenvalue weighted by Gasteiger charge is 2.10. The maximum Gasteiger partial charge on any atom is 0.278 e. The van der Waals surface area contributed by atoms with Gasteiger partial charge in [0, 0.05) is 22.1 Å². The average molecular weight is 348 g/mol. The van der Waals surface area contributed by atoms with E-state index >= 15 is 0 Å². The second kappa shape index (κ2) is 7.77. The van der Waals surface area contributed by atoms with E-state index in [0.717, 1.165) is 15.5 Å². The van der Waals surface area contributed by atoms with Gasteiger partial charge >= 0.3 is 0 Å². The molecule has 0 amide bonds. The van der Waals surface area contributed by atoms with Gasteiger partial charge in [0.1, 0.15) is 0 Å². The van der Waals surface area contributed by atoms with Gasteiger partial charge in [-0.2, -0.15) is 0 Å². The van der Waals surface area contributed by atoms with Crippen LogP contribution in [-0.4, -0.2) is 11.1 Å². The van der Waals surface area contributed by atoms with Crippen LogP contribution in [0.1, 0.15) is 11.1 Å². The smallest absolute Gasteiger partial charge is 0.258 e. The van der Waals surface area contributed by atoms with Crippen LogP contribution in [0.2, 0.25) is 0 Å². The summed E-state index contributed by atoms with van der Waals surface area (Å²) in [4.78, 5) is 17.3. The zero-order chi connectivity index (χ0) is 17.6. The van der Waals surface area contributed by atoms with Gasteiger partial charge in [-0.3, -0.25) is 15.1 Å². The second-order valence-corrected chi connectivity index (χ2v) is 6.57. The fourth-order valence-corrected chi connectivity index (χ4v) is 3.18. The van der Waals surface area contributed by atoms with Crippen LogP contribution in [0.25, 0.3) is 0 Å². The Morgan fingerprint density at radius 3 is 2.40 bits per heavy atom. The van der Waals surface area contributed by atoms with Gasteiger partial charge in [0.05, 0.1) is 16.2 Å². The summed E-state index contributed by atoms with van der Waals surface area (Å²) in [6.45, 7) is 2.06. The Hall–Kier alpha value is -2.92. The summed E-state index contributed by atoms with van der Waals surface area (Å²) in [5.74, 6) is 0. The highest BCUT2D eigenvalue weighted by Crippen LogP contribution is 2.35. The lowest BCUT2D eigenvalue weighted by Crippen LogP contribution is -1.93. The third-order valence-electron chi connectivity index (χ3n) is 3.59. The highest BCUT2D eigenvalue weighted by atomic mass is 32.2. The van der Waals surface area contributed by atoms with Crippen molar-refractivity contribution in [2.75, 3.05) is 0 Å². The van der Waals surface area contributed by atoms with Crippen molar-refractivity contribution in [1.29, 1.82) is 0 Å². The van der Waals surface area contributed by atoms with E-state index in [1.54, 1.807) is 36.2 Å². The SMILES string of the molecule is Cc1ccc(Sc2ccccc2N=Cc2ccccc2[N+](=O)[O-])cc1. The molecule has 0 spiro atoms. The average Bonchev–Trinajstić information content (AvgIpc) is 2.63. The predicted molar refractivity (Wildman–Crippen MR) is 102 cm³/mol. The van der Waals surface area contributed by atoms with E-state index in [4.69, 9.17) is 0 Å². The van der Waals surface area contributed by atoms with Crippen molar-refractivity contribution in [1.82, 2.24) is 0 Å². The molecule has 0 aliphatic carbocycles. The summed E-state index contributed by atoms with van der Waals surface area (Å²) in [5, 5.41) is 11.1. The zero-order valence-corrected chi connectivity index (χ0v) is 14.4. The lowest BCUT2D eigenvalue weighted by molar-refractivity contribution is -0.385. The van der Waals surface area contributed by atoms with Crippen molar-refractivity contribution < 1.29 is 4.92 Å². The van der Waals surface area contributed by atoms with Crippen LogP contribution >= 0.6 is 11.8 Å². The van der Waals surface area contributed by atoms with Crippen molar-refractivity contribution in [2.45, 2.75) is 16.7 Å². The first-order valence-corrected chi connectivity index (χ1v) is 8.56. The molecule has 0 heterocycles. The third-order valence-corrected chi connectivity index (χ3v) is 4.66. The van der Waals surface area contributed by atoms with Crippen molar-refractivity contribution in [3.05, 3.63) is 94.0 Å². The highest BCUT2D eigenvalue weighted by molar-refractivity contribution is 7.99. The molecule has 4 nitrogen and oxygen atoms in total. The van der Waals surface area contributed by atoms with Gasteiger partial charge in [-0.1, -0.05) is 53.7 Å². The number of benzene rings is 3. The number of aryl methyl sites for hydroxylation is 1. The molecule has 0 N–H and O–H groups in total. The molecule has 0 aliphatic heterocycles. The molecule has 0 saturated heterocycles. The van der Waals surface area contributed by atoms with Gasteiger partial charge in [-0.15, -0.1) is 0 Å². The van der Waals surface area contributed by atoms with Crippen LogP contribution in [0.4, 0.5) is 11.4 Å². The van der Waals surface area contributed by atoms with Crippen molar-refractivity contribution in [3.63, 3.8) is 0 Å². The largest absolute Gasteiger partial charge is 0.278 e. The predicted octanol–water partition coefficient (Wildman–Crippen LogP) is 5.81. The van der Waals surface area contributed by atoms with Crippen molar-refractivity contribution >= 4 is 29.4 Å². The van der Waals surface area contributed by atoms with Crippen molar-refractivity contribution in [3.8, 4) is 0 Å². The number of rotatable bonds is 5. The van der Waals surface area contributed by atoms with E-state index in [-0.39, 0.29) is 5.69 Å². The summed E-state index contributed by atoms with van der Waals surface area (Å²) in [6, 6.07) is 22.6. The third kappa shape index (κ3) is 4.33. The Morgan fingerprint density at radius 1 is 0.960 bits per heavy atom. The zero-order valence-electron chi connectivity index (χ0n) is 13.6. The molecule has 3 aromatic carbocycles. The maximum absolute atomic E-state index is 11.1. The molecule has 124 valence electrons. The van der Waals surface area contributed by atoms with E-state index in [1.165, 1.54) is 11.6 Å². The van der Waals surface area contributed by atoms with Gasteiger partial charge < -0.3 is 0 Å². The topological polar surface area (TPSA) is 55.5 Å². The number of hydrogen-bond donors (Lipinski definition) is 0. The Bertz CT molecular complexity index is 921. The number of nitro groups is 1. The van der Waals surface area contributed by atoms with Gasteiger partial charge in [0.25, 0.3) is 5.69 Å². The molecule has 0 aliphatic rings. The Morgan fingerprint density at radius 2 is 1.64 bits per heavy atom. The molecule has 0 unspecified atom stereocenters. The second-order valence-electron chi connectivity index (χ2n) is 5.46. The minimum Gasteiger partial charge on any atom is -0.258 e. The van der Waals surface area contributed by atoms with E-state index in [0.29, 0.717) is 5.56 Å². The molecule has 3 aromatic rings. The normalized spacial score (nSPS) is 10.9. The molecule has 0 radical (unpaired) electrons. The van der Waals surface area contributed by atoms with Gasteiger partial charge in [-0.25, -0.2) is 0 Å². The first-order valence-electron chi connectivity index (χ1n) is 7.74. The number of nitrogens with zero attached hydrogens (tertiary/aromatic N) is 2. The number of nitro benzene ring substituents is 1. The monoisotopic (exact) mass is 348 g/mol. The Labute approximate surface area is 150 Å². The molecule has 0 aromatic heterocycles. The first-order chi connectivity index (χ1) is 12.1. The molecule has 5 heteroatoms. The van der Waals surface area contributed by atoms with Crippen LogP contribution in [0.15, 0.2) is 87.6 Å². The van der Waals surface area contributed by atoms with Crippen molar-refractivity contribution in [2.24, 2.45) is 4.99 Å². The van der Waals surface area contributed by atoms with Gasteiger partial charge in [0.2, 0.25) is 0 Å². The summed E-state index contributed by atoms with van der Waals surface area (Å²) in [7, 11) is 0. The number of hydrogen-bond acceptors (Lipinski definition) is 4. The number of aliphatic imine (C=N–C) groups is 1. The molecule has 0 bridgehead atoms. The lowest BCUT2D eigenvalue weighted by atomic mass is 10.2. The maximum atomic E-state index is 11.1. The van der Waals surface area contributed by atoms with Crippen LogP contribution in [0.3, 0.4) is 0 Å². The summed E-state index contributed by atoms with van der Waals surface area (Å²) >= 11 is 1.62. The van der Waals surface area contributed by atoms with Gasteiger partial charge in [-0.05, 0) is 37.3 Å². The summed E-state index contributed by atoms with van der Waals surface area (Å²) < 4.78 is 0. The molecular formula is C20H16N2O2S. The molecule has 0 fully saturated rings. The first kappa shape index (κ1) is 16.9. The van der Waals surface area contributed by atoms with Crippen LogP contribution in [0, 0.1) is 17.0 Å². The lowest BCUT2D eigenvalue weighted by Gasteiger charge is -2.05. The molecule has 0 saturated carbocycles. The van der Waals surface area contributed by atoms with Crippen LogP contribution in [-0.2, 0) is 0 Å². The van der Waals surface area contributed by atoms with E-state index in [9.17, 15) is 10.1 Å². The fourth-order valence-electron chi connectivity index (χ4n) is 2.29. The minimum absolute atomic E-state index is 0.0509. The summed E-state index contributed by atoms with van der Waals surface area (Å²) in [6.07, 6.45) is 1.55.